The zero-order chi connectivity index (χ0) is 12.3. The molecule has 0 aliphatic heterocycles. The molecule has 2 aromatic rings. The van der Waals surface area contributed by atoms with E-state index in [0.717, 1.165) is 23.3 Å². The number of aromatic nitrogens is 2. The maximum absolute atomic E-state index is 5.72. The number of rotatable bonds is 3. The number of hydrogen-bond donors (Lipinski definition) is 2. The zero-order valence-corrected chi connectivity index (χ0v) is 10.1. The first-order valence-corrected chi connectivity index (χ1v) is 5.54. The Balaban J connectivity index is 2.31. The number of nitrogens with one attached hydrogen (secondary N) is 1. The second-order valence-electron chi connectivity index (χ2n) is 4.16. The summed E-state index contributed by atoms with van der Waals surface area (Å²) in [4.78, 5) is 8.44. The molecule has 2 rings (SSSR count). The molecule has 4 nitrogen and oxygen atoms in total. The highest BCUT2D eigenvalue weighted by atomic mass is 15.0. The Hall–Kier alpha value is -2.10. The molecule has 0 atom stereocenters. The van der Waals surface area contributed by atoms with Crippen LogP contribution in [0.1, 0.15) is 13.8 Å². The monoisotopic (exact) mass is 228 g/mol. The number of allylic oxidation sites excluding steroid dienone is 1. The van der Waals surface area contributed by atoms with E-state index in [1.54, 1.807) is 6.33 Å². The largest absolute Gasteiger partial charge is 0.399 e. The number of nitrogens with two attached hydrogens (primary N) is 1. The lowest BCUT2D eigenvalue weighted by molar-refractivity contribution is 1.17. The lowest BCUT2D eigenvalue weighted by Gasteiger charge is -2.06. The number of benzene rings is 1. The molecule has 4 heteroatoms. The van der Waals surface area contributed by atoms with Gasteiger partial charge in [0.2, 0.25) is 0 Å². The van der Waals surface area contributed by atoms with Crippen molar-refractivity contribution in [3.05, 3.63) is 36.2 Å². The minimum atomic E-state index is 0.714. The fourth-order valence-corrected chi connectivity index (χ4v) is 1.57. The second-order valence-corrected chi connectivity index (χ2v) is 4.16. The van der Waals surface area contributed by atoms with Crippen molar-refractivity contribution in [3.63, 3.8) is 0 Å². The van der Waals surface area contributed by atoms with Gasteiger partial charge in [-0.25, -0.2) is 9.97 Å². The SMILES string of the molecule is CC(C)=CCNc1ncnc2cc(N)ccc12. The molecule has 0 bridgehead atoms. The van der Waals surface area contributed by atoms with E-state index in [1.165, 1.54) is 5.57 Å². The van der Waals surface area contributed by atoms with Gasteiger partial charge in [-0.2, -0.15) is 0 Å². The van der Waals surface area contributed by atoms with Gasteiger partial charge in [-0.1, -0.05) is 11.6 Å². The minimum absolute atomic E-state index is 0.714. The fraction of sp³-hybridized carbons (Fsp3) is 0.231. The molecule has 17 heavy (non-hydrogen) atoms. The molecule has 1 heterocycles. The van der Waals surface area contributed by atoms with Gasteiger partial charge in [-0.05, 0) is 32.0 Å². The summed E-state index contributed by atoms with van der Waals surface area (Å²) in [5.74, 6) is 0.840. The molecule has 88 valence electrons. The van der Waals surface area contributed by atoms with Crippen molar-refractivity contribution in [2.24, 2.45) is 0 Å². The van der Waals surface area contributed by atoms with E-state index in [0.29, 0.717) is 5.69 Å². The first-order valence-electron chi connectivity index (χ1n) is 5.54. The molecular weight excluding hydrogens is 212 g/mol. The molecule has 0 unspecified atom stereocenters. The molecule has 0 radical (unpaired) electrons. The molecule has 0 spiro atoms. The van der Waals surface area contributed by atoms with Gasteiger partial charge >= 0.3 is 0 Å². The summed E-state index contributed by atoms with van der Waals surface area (Å²) in [5, 5.41) is 4.26. The second kappa shape index (κ2) is 4.82. The van der Waals surface area contributed by atoms with E-state index < -0.39 is 0 Å². The first-order chi connectivity index (χ1) is 8.16. The molecule has 0 amide bonds. The predicted molar refractivity (Wildman–Crippen MR) is 71.9 cm³/mol. The highest BCUT2D eigenvalue weighted by molar-refractivity contribution is 5.90. The Labute approximate surface area is 101 Å². The topological polar surface area (TPSA) is 63.8 Å². The average Bonchev–Trinajstić information content (AvgIpc) is 2.28. The maximum Gasteiger partial charge on any atom is 0.137 e. The Kier molecular flexibility index (Phi) is 3.23. The van der Waals surface area contributed by atoms with Crippen LogP contribution < -0.4 is 11.1 Å². The van der Waals surface area contributed by atoms with Gasteiger partial charge in [0, 0.05) is 17.6 Å². The molecule has 0 saturated heterocycles. The normalized spacial score (nSPS) is 10.2. The molecule has 1 aromatic carbocycles. The number of hydrogen-bond acceptors (Lipinski definition) is 4. The van der Waals surface area contributed by atoms with Crippen molar-refractivity contribution in [2.75, 3.05) is 17.6 Å². The molecule has 3 N–H and O–H groups in total. The summed E-state index contributed by atoms with van der Waals surface area (Å²) in [5.41, 5.74) is 8.58. The first kappa shape index (κ1) is 11.4. The Morgan fingerprint density at radius 2 is 2.18 bits per heavy atom. The minimum Gasteiger partial charge on any atom is -0.399 e. The van der Waals surface area contributed by atoms with Crippen LogP contribution in [0.25, 0.3) is 10.9 Å². The lowest BCUT2D eigenvalue weighted by atomic mass is 10.2. The fourth-order valence-electron chi connectivity index (χ4n) is 1.57. The van der Waals surface area contributed by atoms with Crippen molar-refractivity contribution < 1.29 is 0 Å². The van der Waals surface area contributed by atoms with Crippen LogP contribution in [0.2, 0.25) is 0 Å². The molecule has 0 aliphatic carbocycles. The van der Waals surface area contributed by atoms with E-state index in [9.17, 15) is 0 Å². The van der Waals surface area contributed by atoms with E-state index in [1.807, 2.05) is 18.2 Å². The molecule has 0 aliphatic rings. The highest BCUT2D eigenvalue weighted by Crippen LogP contribution is 2.20. The van der Waals surface area contributed by atoms with Crippen molar-refractivity contribution in [2.45, 2.75) is 13.8 Å². The number of nitrogen functional groups attached to an aromatic ring is 1. The third-order valence-electron chi connectivity index (χ3n) is 2.44. The lowest BCUT2D eigenvalue weighted by Crippen LogP contribution is -2.02. The summed E-state index contributed by atoms with van der Waals surface area (Å²) >= 11 is 0. The van der Waals surface area contributed by atoms with Crippen molar-refractivity contribution in [3.8, 4) is 0 Å². The summed E-state index contributed by atoms with van der Waals surface area (Å²) in [7, 11) is 0. The zero-order valence-electron chi connectivity index (χ0n) is 10.1. The Morgan fingerprint density at radius 3 is 2.94 bits per heavy atom. The molecule has 0 fully saturated rings. The van der Waals surface area contributed by atoms with Crippen LogP contribution in [0.5, 0.6) is 0 Å². The van der Waals surface area contributed by atoms with E-state index in [4.69, 9.17) is 5.73 Å². The van der Waals surface area contributed by atoms with Gasteiger partial charge in [0.1, 0.15) is 12.1 Å². The predicted octanol–water partition coefficient (Wildman–Crippen LogP) is 2.59. The van der Waals surface area contributed by atoms with E-state index >= 15 is 0 Å². The van der Waals surface area contributed by atoms with Crippen LogP contribution in [0, 0.1) is 0 Å². The van der Waals surface area contributed by atoms with Crippen LogP contribution in [-0.4, -0.2) is 16.5 Å². The van der Waals surface area contributed by atoms with E-state index in [-0.39, 0.29) is 0 Å². The summed E-state index contributed by atoms with van der Waals surface area (Å²) in [6, 6.07) is 5.65. The average molecular weight is 228 g/mol. The van der Waals surface area contributed by atoms with E-state index in [2.05, 4.69) is 35.2 Å². The summed E-state index contributed by atoms with van der Waals surface area (Å²) in [6.45, 7) is 4.90. The van der Waals surface area contributed by atoms with Gasteiger partial charge < -0.3 is 11.1 Å². The van der Waals surface area contributed by atoms with Gasteiger partial charge in [-0.3, -0.25) is 0 Å². The van der Waals surface area contributed by atoms with Crippen LogP contribution in [0.4, 0.5) is 11.5 Å². The molecule has 1 aromatic heterocycles. The standard InChI is InChI=1S/C13H16N4/c1-9(2)5-6-15-13-11-4-3-10(14)7-12(11)16-8-17-13/h3-5,7-8H,6,14H2,1-2H3,(H,15,16,17). The van der Waals surface area contributed by atoms with Gasteiger partial charge in [0.05, 0.1) is 5.52 Å². The van der Waals surface area contributed by atoms with Crippen molar-refractivity contribution in [1.82, 2.24) is 9.97 Å². The molecule has 0 saturated carbocycles. The Bertz CT molecular complexity index is 556. The Morgan fingerprint density at radius 1 is 1.35 bits per heavy atom. The van der Waals surface area contributed by atoms with Gasteiger partial charge in [0.25, 0.3) is 0 Å². The third-order valence-corrected chi connectivity index (χ3v) is 2.44. The number of nitrogens with zero attached hydrogens (tertiary/aromatic N) is 2. The molecular formula is C13H16N4. The van der Waals surface area contributed by atoms with Crippen LogP contribution in [0.3, 0.4) is 0 Å². The van der Waals surface area contributed by atoms with Gasteiger partial charge in [-0.15, -0.1) is 0 Å². The smallest absolute Gasteiger partial charge is 0.137 e. The van der Waals surface area contributed by atoms with Gasteiger partial charge in [0.15, 0.2) is 0 Å². The number of fused-ring (bicyclic) bond motifs is 1. The quantitative estimate of drug-likeness (QED) is 0.626. The summed E-state index contributed by atoms with van der Waals surface area (Å²) < 4.78 is 0. The maximum atomic E-state index is 5.72. The summed E-state index contributed by atoms with van der Waals surface area (Å²) in [6.07, 6.45) is 3.66. The van der Waals surface area contributed by atoms with Crippen LogP contribution in [0.15, 0.2) is 36.2 Å². The van der Waals surface area contributed by atoms with Crippen molar-refractivity contribution >= 4 is 22.4 Å². The van der Waals surface area contributed by atoms with Crippen molar-refractivity contribution in [1.29, 1.82) is 0 Å². The number of anilines is 2. The van der Waals surface area contributed by atoms with Crippen LogP contribution in [-0.2, 0) is 0 Å². The highest BCUT2D eigenvalue weighted by Gasteiger charge is 2.02. The third kappa shape index (κ3) is 2.72. The van der Waals surface area contributed by atoms with Crippen LogP contribution >= 0.6 is 0 Å².